The average Bonchev–Trinajstić information content (AvgIpc) is 2.91. The van der Waals surface area contributed by atoms with E-state index in [1.54, 1.807) is 0 Å². The molecule has 2 nitrogen and oxygen atoms in total. The molecule has 0 bridgehead atoms. The molecule has 0 heterocycles. The van der Waals surface area contributed by atoms with Crippen molar-refractivity contribution >= 4 is 22.6 Å². The summed E-state index contributed by atoms with van der Waals surface area (Å²) in [5, 5.41) is 11.4. The molecule has 0 aromatic heterocycles. The summed E-state index contributed by atoms with van der Waals surface area (Å²) in [4.78, 5) is 0. The molecule has 0 spiro atoms. The van der Waals surface area contributed by atoms with Crippen molar-refractivity contribution in [2.45, 2.75) is 65.4 Å². The van der Waals surface area contributed by atoms with Gasteiger partial charge in [-0.1, -0.05) is 26.5 Å². The van der Waals surface area contributed by atoms with E-state index in [2.05, 4.69) is 62.1 Å². The van der Waals surface area contributed by atoms with E-state index in [1.165, 1.54) is 22.0 Å². The van der Waals surface area contributed by atoms with Crippen LogP contribution in [0.15, 0.2) is 33.6 Å². The van der Waals surface area contributed by atoms with Crippen molar-refractivity contribution in [2.24, 2.45) is 34.5 Å². The van der Waals surface area contributed by atoms with Gasteiger partial charge in [0.2, 0.25) is 0 Å². The Morgan fingerprint density at radius 2 is 2.15 bits per heavy atom. The second-order valence-electron chi connectivity index (χ2n) is 9.51. The van der Waals surface area contributed by atoms with Gasteiger partial charge in [-0.15, -0.1) is 0 Å². The van der Waals surface area contributed by atoms with E-state index in [9.17, 15) is 5.11 Å². The Morgan fingerprint density at radius 3 is 2.85 bits per heavy atom. The third kappa shape index (κ3) is 2.67. The molecule has 0 saturated heterocycles. The molecule has 7 atom stereocenters. The van der Waals surface area contributed by atoms with E-state index in [-0.39, 0.29) is 16.9 Å². The quantitative estimate of drug-likeness (QED) is 0.514. The van der Waals surface area contributed by atoms with Gasteiger partial charge in [0.1, 0.15) is 0 Å². The molecule has 4 aliphatic rings. The maximum absolute atomic E-state index is 11.4. The zero-order chi connectivity index (χ0) is 18.7. The Balaban J connectivity index is 1.70. The van der Waals surface area contributed by atoms with Crippen LogP contribution < -0.4 is 0 Å². The Bertz CT molecular complexity index is 665. The van der Waals surface area contributed by atoms with Gasteiger partial charge in [-0.25, -0.2) is 0 Å². The molecule has 1 N–H and O–H groups in total. The molecular formula is C23H33IO2. The lowest BCUT2D eigenvalue weighted by Crippen LogP contribution is -2.55. The standard InChI is InChI=1S/C23H33IO2/c1-5-26-16-10-11-22(3)15(12-16)6-7-17-19-9-8-18(14(2)24)23(19,4)13-20(25)21(17)22/h6,12,17-21,25H,2,5,7-11,13H2,1,3-4H3/t17?,18-,19?,20-,21?,22+,23-/m1/s1. The predicted octanol–water partition coefficient (Wildman–Crippen LogP) is 6.02. The number of rotatable bonds is 3. The first-order valence-electron chi connectivity index (χ1n) is 10.4. The molecule has 0 aromatic rings. The molecular weight excluding hydrogens is 435 g/mol. The topological polar surface area (TPSA) is 29.5 Å². The highest BCUT2D eigenvalue weighted by Crippen LogP contribution is 2.67. The normalized spacial score (nSPS) is 47.2. The largest absolute Gasteiger partial charge is 0.498 e. The highest BCUT2D eigenvalue weighted by molar-refractivity contribution is 14.1. The summed E-state index contributed by atoms with van der Waals surface area (Å²) in [7, 11) is 0. The Morgan fingerprint density at radius 1 is 1.38 bits per heavy atom. The van der Waals surface area contributed by atoms with Crippen LogP contribution in [0.5, 0.6) is 0 Å². The monoisotopic (exact) mass is 468 g/mol. The van der Waals surface area contributed by atoms with Crippen LogP contribution in [-0.2, 0) is 4.74 Å². The lowest BCUT2D eigenvalue weighted by atomic mass is 9.47. The summed E-state index contributed by atoms with van der Waals surface area (Å²) in [6.45, 7) is 11.9. The minimum Gasteiger partial charge on any atom is -0.498 e. The maximum atomic E-state index is 11.4. The number of allylic oxidation sites excluding steroid dienone is 5. The van der Waals surface area contributed by atoms with Crippen LogP contribution in [0.4, 0.5) is 0 Å². The van der Waals surface area contributed by atoms with Gasteiger partial charge in [-0.05, 0) is 111 Å². The first kappa shape index (κ1) is 19.0. The molecule has 0 radical (unpaired) electrons. The van der Waals surface area contributed by atoms with Crippen LogP contribution in [0.3, 0.4) is 0 Å². The minimum absolute atomic E-state index is 0.101. The zero-order valence-electron chi connectivity index (χ0n) is 16.4. The molecule has 4 rings (SSSR count). The van der Waals surface area contributed by atoms with Crippen molar-refractivity contribution in [2.75, 3.05) is 6.61 Å². The van der Waals surface area contributed by atoms with Crippen LogP contribution in [0, 0.1) is 34.5 Å². The van der Waals surface area contributed by atoms with Gasteiger partial charge in [-0.2, -0.15) is 0 Å². The summed E-state index contributed by atoms with van der Waals surface area (Å²) in [6.07, 6.45) is 11.3. The van der Waals surface area contributed by atoms with Crippen LogP contribution in [-0.4, -0.2) is 17.8 Å². The molecule has 144 valence electrons. The van der Waals surface area contributed by atoms with Crippen LogP contribution in [0.2, 0.25) is 0 Å². The van der Waals surface area contributed by atoms with Gasteiger partial charge >= 0.3 is 0 Å². The predicted molar refractivity (Wildman–Crippen MR) is 115 cm³/mol. The number of aliphatic hydroxyl groups excluding tert-OH is 1. The van der Waals surface area contributed by atoms with Crippen molar-refractivity contribution in [3.05, 3.63) is 33.6 Å². The molecule has 2 saturated carbocycles. The van der Waals surface area contributed by atoms with E-state index in [1.807, 2.05) is 0 Å². The molecule has 4 aliphatic carbocycles. The fourth-order valence-corrected chi connectivity index (χ4v) is 8.27. The van der Waals surface area contributed by atoms with Crippen molar-refractivity contribution in [1.82, 2.24) is 0 Å². The number of halogens is 1. The lowest BCUT2D eigenvalue weighted by Gasteiger charge is -2.58. The van der Waals surface area contributed by atoms with Crippen molar-refractivity contribution < 1.29 is 9.84 Å². The van der Waals surface area contributed by atoms with Gasteiger partial charge in [0.15, 0.2) is 0 Å². The van der Waals surface area contributed by atoms with E-state index in [0.29, 0.717) is 17.8 Å². The summed E-state index contributed by atoms with van der Waals surface area (Å²) >= 11 is 2.43. The molecule has 2 fully saturated rings. The minimum atomic E-state index is -0.201. The van der Waals surface area contributed by atoms with E-state index in [4.69, 9.17) is 4.74 Å². The Hall–Kier alpha value is -0.290. The molecule has 3 unspecified atom stereocenters. The summed E-state index contributed by atoms with van der Waals surface area (Å²) in [5.41, 5.74) is 1.74. The van der Waals surface area contributed by atoms with Crippen molar-refractivity contribution in [1.29, 1.82) is 0 Å². The third-order valence-electron chi connectivity index (χ3n) is 8.37. The molecule has 26 heavy (non-hydrogen) atoms. The smallest absolute Gasteiger partial charge is 0.0962 e. The summed E-state index contributed by atoms with van der Waals surface area (Å²) in [6, 6.07) is 0. The average molecular weight is 468 g/mol. The van der Waals surface area contributed by atoms with E-state index >= 15 is 0 Å². The second-order valence-corrected chi connectivity index (χ2v) is 10.9. The Labute approximate surface area is 172 Å². The lowest BCUT2D eigenvalue weighted by molar-refractivity contribution is -0.114. The van der Waals surface area contributed by atoms with Crippen LogP contribution in [0.25, 0.3) is 0 Å². The number of hydrogen-bond acceptors (Lipinski definition) is 2. The Kier molecular flexibility index (Phi) is 4.87. The van der Waals surface area contributed by atoms with Gasteiger partial charge in [0, 0.05) is 6.42 Å². The van der Waals surface area contributed by atoms with Crippen molar-refractivity contribution in [3.8, 4) is 0 Å². The number of aliphatic hydroxyl groups is 1. The fourth-order valence-electron chi connectivity index (χ4n) is 7.25. The van der Waals surface area contributed by atoms with Gasteiger partial charge in [-0.3, -0.25) is 0 Å². The van der Waals surface area contributed by atoms with Gasteiger partial charge in [0.05, 0.1) is 18.5 Å². The van der Waals surface area contributed by atoms with Crippen LogP contribution >= 0.6 is 22.6 Å². The van der Waals surface area contributed by atoms with Gasteiger partial charge < -0.3 is 9.84 Å². The third-order valence-corrected chi connectivity index (χ3v) is 9.12. The number of fused-ring (bicyclic) bond motifs is 5. The van der Waals surface area contributed by atoms with E-state index < -0.39 is 0 Å². The zero-order valence-corrected chi connectivity index (χ0v) is 18.6. The summed E-state index contributed by atoms with van der Waals surface area (Å²) in [5.74, 6) is 3.42. The molecule has 0 aliphatic heterocycles. The highest BCUT2D eigenvalue weighted by Gasteiger charge is 2.61. The maximum Gasteiger partial charge on any atom is 0.0962 e. The van der Waals surface area contributed by atoms with Crippen molar-refractivity contribution in [3.63, 3.8) is 0 Å². The van der Waals surface area contributed by atoms with Gasteiger partial charge in [0.25, 0.3) is 0 Å². The first-order chi connectivity index (χ1) is 12.3. The molecule has 3 heteroatoms. The molecule has 0 amide bonds. The van der Waals surface area contributed by atoms with Crippen LogP contribution in [0.1, 0.15) is 59.3 Å². The first-order valence-corrected chi connectivity index (χ1v) is 11.5. The highest BCUT2D eigenvalue weighted by atomic mass is 127. The SMILES string of the molecule is C=C(I)[C@H]1CCC2C3CC=C4C=C(OCC)CC[C@]4(C)C3[C@H](O)C[C@@]21C. The molecule has 0 aromatic carbocycles. The second kappa shape index (κ2) is 6.65. The number of hydrogen-bond donors (Lipinski definition) is 1. The number of ether oxygens (including phenoxy) is 1. The fraction of sp³-hybridized carbons (Fsp3) is 0.739. The summed E-state index contributed by atoms with van der Waals surface area (Å²) < 4.78 is 7.10. The van der Waals surface area contributed by atoms with E-state index in [0.717, 1.165) is 44.0 Å².